The number of carbonyl (C=O) groups excluding carboxylic acids is 1. The number of benzene rings is 3. The third kappa shape index (κ3) is 5.73. The van der Waals surface area contributed by atoms with E-state index < -0.39 is 35.1 Å². The van der Waals surface area contributed by atoms with Gasteiger partial charge in [-0.15, -0.1) is 0 Å². The van der Waals surface area contributed by atoms with Crippen molar-refractivity contribution >= 4 is 11.9 Å². The van der Waals surface area contributed by atoms with Crippen molar-refractivity contribution in [1.29, 1.82) is 0 Å². The Bertz CT molecular complexity index is 1370. The van der Waals surface area contributed by atoms with Crippen LogP contribution in [-0.2, 0) is 24.2 Å². The van der Waals surface area contributed by atoms with Gasteiger partial charge in [-0.25, -0.2) is 13.6 Å². The second-order valence-electron chi connectivity index (χ2n) is 9.85. The molecule has 1 aliphatic rings. The van der Waals surface area contributed by atoms with Gasteiger partial charge >= 0.3 is 5.97 Å². The molecule has 2 atom stereocenters. The van der Waals surface area contributed by atoms with Crippen molar-refractivity contribution in [3.8, 4) is 11.5 Å². The molecule has 9 heteroatoms. The molecule has 2 N–H and O–H groups in total. The quantitative estimate of drug-likeness (QED) is 0.394. The van der Waals surface area contributed by atoms with Crippen LogP contribution in [0.3, 0.4) is 0 Å². The molecule has 0 aliphatic heterocycles. The van der Waals surface area contributed by atoms with Gasteiger partial charge in [0.05, 0.1) is 14.2 Å². The van der Waals surface area contributed by atoms with Crippen LogP contribution < -0.4 is 14.8 Å². The van der Waals surface area contributed by atoms with E-state index in [2.05, 4.69) is 10.2 Å². The number of aliphatic carboxylic acids is 1. The second kappa shape index (κ2) is 11.8. The summed E-state index contributed by atoms with van der Waals surface area (Å²) >= 11 is 0. The highest BCUT2D eigenvalue weighted by Crippen LogP contribution is 2.48. The number of amides is 1. The van der Waals surface area contributed by atoms with Gasteiger partial charge in [-0.05, 0) is 61.8 Å². The lowest BCUT2D eigenvalue weighted by atomic mass is 9.88. The van der Waals surface area contributed by atoms with Gasteiger partial charge in [0.2, 0.25) is 0 Å². The summed E-state index contributed by atoms with van der Waals surface area (Å²) in [5, 5.41) is 12.1. The zero-order chi connectivity index (χ0) is 28.3. The summed E-state index contributed by atoms with van der Waals surface area (Å²) in [7, 11) is 7.23. The normalized spacial score (nSPS) is 15.1. The van der Waals surface area contributed by atoms with Gasteiger partial charge in [-0.3, -0.25) is 4.79 Å². The number of fused-ring (bicyclic) bond motifs is 1. The van der Waals surface area contributed by atoms with Crippen molar-refractivity contribution in [3.63, 3.8) is 0 Å². The van der Waals surface area contributed by atoms with Gasteiger partial charge in [0, 0.05) is 30.0 Å². The maximum atomic E-state index is 14.1. The van der Waals surface area contributed by atoms with Crippen LogP contribution in [0, 0.1) is 11.6 Å². The summed E-state index contributed by atoms with van der Waals surface area (Å²) in [6.07, 6.45) is 1.40. The molecule has 4 rings (SSSR count). The summed E-state index contributed by atoms with van der Waals surface area (Å²) in [6.45, 7) is 0.683. The van der Waals surface area contributed by atoms with Crippen LogP contribution in [-0.4, -0.2) is 56.2 Å². The van der Waals surface area contributed by atoms with E-state index in [1.165, 1.54) is 0 Å². The van der Waals surface area contributed by atoms with E-state index >= 15 is 0 Å². The maximum absolute atomic E-state index is 14.1. The number of ether oxygens (including phenoxy) is 2. The van der Waals surface area contributed by atoms with Gasteiger partial charge in [-0.2, -0.15) is 0 Å². The first-order valence-electron chi connectivity index (χ1n) is 12.6. The minimum absolute atomic E-state index is 0.0397. The Kier molecular flexibility index (Phi) is 8.50. The minimum Gasteiger partial charge on any atom is -0.496 e. The molecule has 3 aromatic rings. The first-order chi connectivity index (χ1) is 18.7. The van der Waals surface area contributed by atoms with Crippen molar-refractivity contribution in [2.24, 2.45) is 0 Å². The number of rotatable bonds is 10. The second-order valence-corrected chi connectivity index (χ2v) is 9.85. The molecular weight excluding hydrogens is 506 g/mol. The Labute approximate surface area is 226 Å². The summed E-state index contributed by atoms with van der Waals surface area (Å²) < 4.78 is 39.8. The van der Waals surface area contributed by atoms with E-state index in [0.717, 1.165) is 58.2 Å². The van der Waals surface area contributed by atoms with E-state index in [0.29, 0.717) is 18.7 Å². The molecule has 0 spiro atoms. The number of carboxylic acid groups (broad SMARTS) is 1. The summed E-state index contributed by atoms with van der Waals surface area (Å²) in [5.41, 5.74) is 3.92. The molecule has 0 saturated carbocycles. The highest BCUT2D eigenvalue weighted by Gasteiger charge is 2.33. The third-order valence-corrected chi connectivity index (χ3v) is 7.08. The largest absolute Gasteiger partial charge is 0.496 e. The Balaban J connectivity index is 1.67. The number of nitrogens with zero attached hydrogens (tertiary/aromatic N) is 1. The van der Waals surface area contributed by atoms with Crippen molar-refractivity contribution in [2.75, 3.05) is 28.3 Å². The lowest BCUT2D eigenvalue weighted by Crippen LogP contribution is -2.43. The monoisotopic (exact) mass is 538 g/mol. The van der Waals surface area contributed by atoms with Crippen LogP contribution in [0.1, 0.15) is 50.5 Å². The molecule has 1 aliphatic carbocycles. The molecule has 1 unspecified atom stereocenters. The fourth-order valence-corrected chi connectivity index (χ4v) is 5.43. The predicted octanol–water partition coefficient (Wildman–Crippen LogP) is 4.55. The Morgan fingerprint density at radius 2 is 1.72 bits per heavy atom. The topological polar surface area (TPSA) is 88.1 Å². The SMILES string of the molecule is COc1ccc(CN(C)C)c(OC)c1C1CCc2c(C[C@H](NC(=O)c3c(F)cccc3F)C(=O)O)cccc21. The predicted molar refractivity (Wildman–Crippen MR) is 142 cm³/mol. The summed E-state index contributed by atoms with van der Waals surface area (Å²) in [5.74, 6) is -3.10. The van der Waals surface area contributed by atoms with E-state index in [1.54, 1.807) is 14.2 Å². The highest BCUT2D eigenvalue weighted by molar-refractivity contribution is 5.97. The summed E-state index contributed by atoms with van der Waals surface area (Å²) in [6, 6.07) is 11.3. The zero-order valence-corrected chi connectivity index (χ0v) is 22.4. The zero-order valence-electron chi connectivity index (χ0n) is 22.4. The average molecular weight is 539 g/mol. The van der Waals surface area contributed by atoms with Crippen LogP contribution in [0.25, 0.3) is 0 Å². The van der Waals surface area contributed by atoms with Crippen LogP contribution in [0.15, 0.2) is 48.5 Å². The molecule has 0 fully saturated rings. The molecule has 0 bridgehead atoms. The maximum Gasteiger partial charge on any atom is 0.326 e. The molecule has 206 valence electrons. The van der Waals surface area contributed by atoms with Crippen LogP contribution >= 0.6 is 0 Å². The van der Waals surface area contributed by atoms with Gasteiger partial charge in [-0.1, -0.05) is 30.3 Å². The van der Waals surface area contributed by atoms with Crippen LogP contribution in [0.4, 0.5) is 8.78 Å². The molecule has 39 heavy (non-hydrogen) atoms. The van der Waals surface area contributed by atoms with Crippen LogP contribution in [0.5, 0.6) is 11.5 Å². The number of nitrogens with one attached hydrogen (secondary N) is 1. The number of methoxy groups -OCH3 is 2. The molecule has 0 radical (unpaired) electrons. The average Bonchev–Trinajstić information content (AvgIpc) is 3.32. The molecule has 0 heterocycles. The first-order valence-corrected chi connectivity index (χ1v) is 12.6. The molecular formula is C30H32F2N2O5. The lowest BCUT2D eigenvalue weighted by molar-refractivity contribution is -0.139. The van der Waals surface area contributed by atoms with E-state index in [4.69, 9.17) is 9.47 Å². The number of carbonyl (C=O) groups is 2. The van der Waals surface area contributed by atoms with Crippen molar-refractivity contribution in [2.45, 2.75) is 37.8 Å². The molecule has 7 nitrogen and oxygen atoms in total. The smallest absolute Gasteiger partial charge is 0.326 e. The number of carboxylic acids is 1. The van der Waals surface area contributed by atoms with Crippen molar-refractivity contribution in [1.82, 2.24) is 10.2 Å². The first kappa shape index (κ1) is 28.0. The summed E-state index contributed by atoms with van der Waals surface area (Å²) in [4.78, 5) is 26.8. The fourth-order valence-electron chi connectivity index (χ4n) is 5.43. The third-order valence-electron chi connectivity index (χ3n) is 7.08. The number of hydrogen-bond donors (Lipinski definition) is 2. The van der Waals surface area contributed by atoms with E-state index in [-0.39, 0.29) is 12.3 Å². The highest BCUT2D eigenvalue weighted by atomic mass is 19.1. The van der Waals surface area contributed by atoms with E-state index in [1.807, 2.05) is 44.4 Å². The van der Waals surface area contributed by atoms with Crippen molar-refractivity contribution < 1.29 is 33.0 Å². The molecule has 0 aromatic heterocycles. The number of hydrogen-bond acceptors (Lipinski definition) is 5. The Morgan fingerprint density at radius 3 is 2.33 bits per heavy atom. The lowest BCUT2D eigenvalue weighted by Gasteiger charge is -2.23. The number of halogens is 2. The molecule has 1 amide bonds. The molecule has 3 aromatic carbocycles. The fraction of sp³-hybridized carbons (Fsp3) is 0.333. The molecule has 0 saturated heterocycles. The van der Waals surface area contributed by atoms with Crippen molar-refractivity contribution in [3.05, 3.63) is 93.5 Å². The van der Waals surface area contributed by atoms with Gasteiger partial charge < -0.3 is 24.8 Å². The van der Waals surface area contributed by atoms with Crippen LogP contribution in [0.2, 0.25) is 0 Å². The van der Waals surface area contributed by atoms with E-state index in [9.17, 15) is 23.5 Å². The van der Waals surface area contributed by atoms with Gasteiger partial charge in [0.1, 0.15) is 34.7 Å². The Hall–Kier alpha value is -3.98. The van der Waals surface area contributed by atoms with Gasteiger partial charge in [0.15, 0.2) is 0 Å². The van der Waals surface area contributed by atoms with Gasteiger partial charge in [0.25, 0.3) is 5.91 Å². The standard InChI is InChI=1S/C30H32F2N2O5/c1-34(2)16-18-11-14-25(38-3)26(28(18)39-4)21-13-12-19-17(7-5-8-20(19)21)15-24(30(36)37)33-29(35)27-22(31)9-6-10-23(27)32/h5-11,14,21,24H,12-13,15-16H2,1-4H3,(H,33,35)(H,36,37)/t21?,24-/m0/s1. The minimum atomic E-state index is -1.38. The Morgan fingerprint density at radius 1 is 1.03 bits per heavy atom.